The monoisotopic (exact) mass is 191 g/mol. The lowest BCUT2D eigenvalue weighted by Gasteiger charge is -1.97. The van der Waals surface area contributed by atoms with Crippen LogP contribution in [0.4, 0.5) is 0 Å². The Bertz CT molecular complexity index is 366. The van der Waals surface area contributed by atoms with E-state index in [0.29, 0.717) is 0 Å². The van der Waals surface area contributed by atoms with E-state index in [4.69, 9.17) is 0 Å². The molecule has 0 aliphatic rings. The van der Waals surface area contributed by atoms with Gasteiger partial charge in [-0.1, -0.05) is 6.07 Å². The van der Waals surface area contributed by atoms with Crippen LogP contribution < -0.4 is 0 Å². The molecule has 2 heterocycles. The molecule has 3 nitrogen and oxygen atoms in total. The first-order valence-corrected chi connectivity index (χ1v) is 4.85. The number of pyridine rings is 1. The summed E-state index contributed by atoms with van der Waals surface area (Å²) < 4.78 is 0. The van der Waals surface area contributed by atoms with E-state index < -0.39 is 0 Å². The molecule has 2 rings (SSSR count). The van der Waals surface area contributed by atoms with Crippen LogP contribution in [0.15, 0.2) is 30.9 Å². The van der Waals surface area contributed by atoms with Gasteiger partial charge in [0.2, 0.25) is 0 Å². The minimum atomic E-state index is 0.930. The summed E-state index contributed by atoms with van der Waals surface area (Å²) in [5.41, 5.74) is 3.10. The van der Waals surface area contributed by atoms with E-state index in [0.717, 1.165) is 17.5 Å². The molecular weight excluding hydrogens is 181 g/mol. The fourth-order valence-electron chi connectivity index (χ4n) is 1.10. The van der Waals surface area contributed by atoms with Gasteiger partial charge in [0.05, 0.1) is 23.9 Å². The number of hydrogen-bond donors (Lipinski definition) is 1. The van der Waals surface area contributed by atoms with Gasteiger partial charge in [-0.3, -0.25) is 4.98 Å². The quantitative estimate of drug-likeness (QED) is 0.736. The van der Waals surface area contributed by atoms with E-state index in [2.05, 4.69) is 30.3 Å². The second kappa shape index (κ2) is 3.67. The molecule has 0 radical (unpaired) electrons. The molecule has 0 spiro atoms. The average molecular weight is 191 g/mol. The third kappa shape index (κ3) is 1.76. The van der Waals surface area contributed by atoms with Crippen LogP contribution in [-0.2, 0) is 6.16 Å². The van der Waals surface area contributed by atoms with Gasteiger partial charge in [-0.05, 0) is 17.8 Å². The van der Waals surface area contributed by atoms with Crippen molar-refractivity contribution in [2.75, 3.05) is 0 Å². The summed E-state index contributed by atoms with van der Waals surface area (Å²) in [4.78, 5) is 11.3. The van der Waals surface area contributed by atoms with Crippen LogP contribution in [0.25, 0.3) is 11.4 Å². The van der Waals surface area contributed by atoms with Crippen LogP contribution in [0, 0.1) is 0 Å². The normalized spacial score (nSPS) is 10.2. The lowest BCUT2D eigenvalue weighted by molar-refractivity contribution is 1.23. The summed E-state index contributed by atoms with van der Waals surface area (Å²) in [6, 6.07) is 4.06. The Kier molecular flexibility index (Phi) is 2.37. The van der Waals surface area contributed by atoms with Crippen molar-refractivity contribution in [1.29, 1.82) is 0 Å². The van der Waals surface area contributed by atoms with Crippen molar-refractivity contribution in [2.45, 2.75) is 6.16 Å². The van der Waals surface area contributed by atoms with Crippen molar-refractivity contribution in [3.05, 3.63) is 36.4 Å². The van der Waals surface area contributed by atoms with Gasteiger partial charge in [-0.15, -0.1) is 9.24 Å². The van der Waals surface area contributed by atoms with E-state index >= 15 is 0 Å². The predicted molar refractivity (Wildman–Crippen MR) is 55.2 cm³/mol. The first-order valence-electron chi connectivity index (χ1n) is 4.04. The molecule has 0 fully saturated rings. The highest BCUT2D eigenvalue weighted by molar-refractivity contribution is 7.15. The number of rotatable bonds is 2. The van der Waals surface area contributed by atoms with Gasteiger partial charge in [0.1, 0.15) is 0 Å². The summed E-state index contributed by atoms with van der Waals surface area (Å²) in [7, 11) is 2.67. The lowest BCUT2D eigenvalue weighted by atomic mass is 10.2. The maximum atomic E-state index is 4.31. The first-order chi connectivity index (χ1) is 6.40. The zero-order valence-corrected chi connectivity index (χ0v) is 8.22. The zero-order valence-electron chi connectivity index (χ0n) is 7.07. The second-order valence-electron chi connectivity index (χ2n) is 2.72. The third-order valence-electron chi connectivity index (χ3n) is 1.83. The second-order valence-corrected chi connectivity index (χ2v) is 3.13. The van der Waals surface area contributed by atoms with Gasteiger partial charge in [0, 0.05) is 6.20 Å². The molecule has 2 aromatic rings. The minimum Gasteiger partial charge on any atom is -0.343 e. The van der Waals surface area contributed by atoms with Crippen LogP contribution in [0.5, 0.6) is 0 Å². The van der Waals surface area contributed by atoms with Gasteiger partial charge in [0.15, 0.2) is 0 Å². The van der Waals surface area contributed by atoms with E-state index in [1.165, 1.54) is 5.56 Å². The molecule has 4 heteroatoms. The fraction of sp³-hybridized carbons (Fsp3) is 0.111. The van der Waals surface area contributed by atoms with Crippen molar-refractivity contribution in [1.82, 2.24) is 15.0 Å². The molecule has 0 aliphatic heterocycles. The SMILES string of the molecule is PCc1ccc(-c2cnc[nH]2)nc1. The van der Waals surface area contributed by atoms with Crippen molar-refractivity contribution in [3.8, 4) is 11.4 Å². The smallest absolute Gasteiger partial charge is 0.0924 e. The van der Waals surface area contributed by atoms with Crippen LogP contribution in [0.3, 0.4) is 0 Å². The highest BCUT2D eigenvalue weighted by Gasteiger charge is 1.98. The molecule has 13 heavy (non-hydrogen) atoms. The predicted octanol–water partition coefficient (Wildman–Crippen LogP) is 1.85. The summed E-state index contributed by atoms with van der Waals surface area (Å²) in [5, 5.41) is 0. The number of imidazole rings is 1. The average Bonchev–Trinajstić information content (AvgIpc) is 2.71. The van der Waals surface area contributed by atoms with Crippen LogP contribution >= 0.6 is 9.24 Å². The van der Waals surface area contributed by atoms with Gasteiger partial charge in [-0.2, -0.15) is 0 Å². The van der Waals surface area contributed by atoms with E-state index in [-0.39, 0.29) is 0 Å². The van der Waals surface area contributed by atoms with E-state index in [9.17, 15) is 0 Å². The van der Waals surface area contributed by atoms with Gasteiger partial charge in [0.25, 0.3) is 0 Å². The fourth-order valence-corrected chi connectivity index (χ4v) is 1.34. The molecule has 1 atom stereocenters. The highest BCUT2D eigenvalue weighted by Crippen LogP contribution is 2.13. The minimum absolute atomic E-state index is 0.930. The Morgan fingerprint density at radius 2 is 2.23 bits per heavy atom. The molecule has 0 saturated heterocycles. The highest BCUT2D eigenvalue weighted by atomic mass is 31.0. The maximum Gasteiger partial charge on any atom is 0.0924 e. The lowest BCUT2D eigenvalue weighted by Crippen LogP contribution is -1.85. The Balaban J connectivity index is 2.33. The third-order valence-corrected chi connectivity index (χ3v) is 2.31. The molecule has 0 bridgehead atoms. The summed E-state index contributed by atoms with van der Waals surface area (Å²) in [6.45, 7) is 0. The van der Waals surface area contributed by atoms with Gasteiger partial charge in [-0.25, -0.2) is 4.98 Å². The molecule has 1 N–H and O–H groups in total. The van der Waals surface area contributed by atoms with Gasteiger partial charge < -0.3 is 4.98 Å². The largest absolute Gasteiger partial charge is 0.343 e. The molecule has 0 aliphatic carbocycles. The van der Waals surface area contributed by atoms with Crippen molar-refractivity contribution < 1.29 is 0 Å². The summed E-state index contributed by atoms with van der Waals surface area (Å²) in [6.07, 6.45) is 6.24. The molecule has 0 aromatic carbocycles. The Morgan fingerprint density at radius 1 is 1.31 bits per heavy atom. The zero-order chi connectivity index (χ0) is 9.10. The van der Waals surface area contributed by atoms with Crippen molar-refractivity contribution in [3.63, 3.8) is 0 Å². The summed E-state index contributed by atoms with van der Waals surface area (Å²) >= 11 is 0. The van der Waals surface area contributed by atoms with E-state index in [1.54, 1.807) is 12.5 Å². The number of nitrogens with zero attached hydrogens (tertiary/aromatic N) is 2. The summed E-state index contributed by atoms with van der Waals surface area (Å²) in [5.74, 6) is 0. The number of hydrogen-bond acceptors (Lipinski definition) is 2. The first kappa shape index (κ1) is 8.39. The van der Waals surface area contributed by atoms with Crippen LogP contribution in [0.1, 0.15) is 5.56 Å². The topological polar surface area (TPSA) is 41.6 Å². The number of nitrogens with one attached hydrogen (secondary N) is 1. The molecule has 0 amide bonds. The molecular formula is C9H10N3P. The Labute approximate surface area is 78.8 Å². The number of aromatic nitrogens is 3. The van der Waals surface area contributed by atoms with Crippen LogP contribution in [0.2, 0.25) is 0 Å². The van der Waals surface area contributed by atoms with E-state index in [1.807, 2.05) is 12.3 Å². The van der Waals surface area contributed by atoms with Gasteiger partial charge >= 0.3 is 0 Å². The van der Waals surface area contributed by atoms with Crippen molar-refractivity contribution >= 4 is 9.24 Å². The molecule has 2 aromatic heterocycles. The molecule has 0 saturated carbocycles. The standard InChI is InChI=1S/C9H10N3P/c13-5-7-1-2-8(11-3-7)9-4-10-6-12-9/h1-4,6H,5,13H2,(H,10,12). The van der Waals surface area contributed by atoms with Crippen LogP contribution in [-0.4, -0.2) is 15.0 Å². The molecule has 1 unspecified atom stereocenters. The number of aromatic amines is 1. The maximum absolute atomic E-state index is 4.31. The number of H-pyrrole nitrogens is 1. The Morgan fingerprint density at radius 3 is 2.77 bits per heavy atom. The Hall–Kier alpha value is -1.21. The van der Waals surface area contributed by atoms with Crippen molar-refractivity contribution in [2.24, 2.45) is 0 Å². The molecule has 66 valence electrons.